The molecule has 2 nitrogen and oxygen atoms in total. The van der Waals surface area contributed by atoms with Gasteiger partial charge in [-0.3, -0.25) is 5.32 Å². The van der Waals surface area contributed by atoms with Crippen LogP contribution in [0.5, 0.6) is 0 Å². The Bertz CT molecular complexity index is 3590. The van der Waals surface area contributed by atoms with Crippen molar-refractivity contribution in [1.82, 2.24) is 10.2 Å². The smallest absolute Gasteiger partial charge is 0.106 e. The molecule has 332 valence electrons. The van der Waals surface area contributed by atoms with E-state index in [9.17, 15) is 0 Å². The van der Waals surface area contributed by atoms with Crippen molar-refractivity contribution >= 4 is 17.5 Å². The number of nitrogens with one attached hydrogen (secondary N) is 1. The molecule has 2 atom stereocenters. The van der Waals surface area contributed by atoms with Gasteiger partial charge in [0.25, 0.3) is 0 Å². The van der Waals surface area contributed by atoms with E-state index >= 15 is 0 Å². The minimum absolute atomic E-state index is 0.0144. The average molecular weight is 913 g/mol. The first-order chi connectivity index (χ1) is 34.6. The van der Waals surface area contributed by atoms with Crippen LogP contribution in [0.2, 0.25) is 0 Å². The molecule has 0 amide bonds. The van der Waals surface area contributed by atoms with Gasteiger partial charge in [-0.15, -0.1) is 0 Å². The molecule has 1 N–H and O–H groups in total. The lowest BCUT2D eigenvalue weighted by Crippen LogP contribution is -2.45. The molecule has 3 heteroatoms. The minimum Gasteiger partial charge on any atom is -0.355 e. The predicted octanol–water partition coefficient (Wildman–Crippen LogP) is 15.9. The molecule has 0 saturated heterocycles. The predicted molar refractivity (Wildman–Crippen MR) is 288 cm³/mol. The maximum atomic E-state index is 3.99. The summed E-state index contributed by atoms with van der Waals surface area (Å²) in [4.78, 5) is 5.02. The first-order valence-electron chi connectivity index (χ1n) is 24.5. The first kappa shape index (κ1) is 41.1. The van der Waals surface area contributed by atoms with Crippen molar-refractivity contribution in [2.24, 2.45) is 0 Å². The Hall–Kier alpha value is -7.95. The number of hydrogen-bond donors (Lipinski definition) is 1. The Kier molecular flexibility index (Phi) is 9.43. The summed E-state index contributed by atoms with van der Waals surface area (Å²) in [6.45, 7) is 0. The van der Waals surface area contributed by atoms with Crippen LogP contribution in [0.15, 0.2) is 265 Å². The second-order valence-electron chi connectivity index (χ2n) is 19.1. The Morgan fingerprint density at radius 3 is 1.41 bits per heavy atom. The normalized spacial score (nSPS) is 17.4. The minimum atomic E-state index is -0.543. The Labute approximate surface area is 414 Å². The Morgan fingerprint density at radius 2 is 0.800 bits per heavy atom. The van der Waals surface area contributed by atoms with Gasteiger partial charge < -0.3 is 4.90 Å². The maximum Gasteiger partial charge on any atom is 0.106 e. The van der Waals surface area contributed by atoms with Crippen LogP contribution in [0.1, 0.15) is 73.4 Å². The molecular formula is C67H48N2S. The van der Waals surface area contributed by atoms with Gasteiger partial charge in [0.1, 0.15) is 6.17 Å². The van der Waals surface area contributed by atoms with Crippen molar-refractivity contribution in [2.45, 2.75) is 32.8 Å². The van der Waals surface area contributed by atoms with Crippen LogP contribution in [0.4, 0.5) is 0 Å². The fourth-order valence-electron chi connectivity index (χ4n) is 12.8. The molecule has 0 bridgehead atoms. The van der Waals surface area contributed by atoms with Gasteiger partial charge in [-0.25, -0.2) is 0 Å². The molecule has 14 rings (SSSR count). The van der Waals surface area contributed by atoms with Gasteiger partial charge in [-0.2, -0.15) is 0 Å². The van der Waals surface area contributed by atoms with Crippen LogP contribution < -0.4 is 5.32 Å². The molecule has 2 heterocycles. The van der Waals surface area contributed by atoms with E-state index in [0.717, 1.165) is 0 Å². The second kappa shape index (κ2) is 16.1. The van der Waals surface area contributed by atoms with E-state index in [1.54, 1.807) is 0 Å². The van der Waals surface area contributed by atoms with Gasteiger partial charge in [-0.1, -0.05) is 248 Å². The third kappa shape index (κ3) is 5.86. The van der Waals surface area contributed by atoms with Crippen molar-refractivity contribution < 1.29 is 0 Å². The first-order valence-corrected chi connectivity index (χ1v) is 25.3. The van der Waals surface area contributed by atoms with E-state index in [0.29, 0.717) is 0 Å². The highest BCUT2D eigenvalue weighted by atomic mass is 32.2. The van der Waals surface area contributed by atoms with Crippen molar-refractivity contribution in [1.29, 1.82) is 0 Å². The third-order valence-corrected chi connectivity index (χ3v) is 16.9. The fourth-order valence-corrected chi connectivity index (χ4v) is 14.0. The number of benzene rings is 10. The van der Waals surface area contributed by atoms with Crippen LogP contribution in [0.3, 0.4) is 0 Å². The van der Waals surface area contributed by atoms with Crippen molar-refractivity contribution in [3.63, 3.8) is 0 Å². The molecule has 0 aromatic heterocycles. The molecule has 0 fully saturated rings. The Morgan fingerprint density at radius 1 is 0.357 bits per heavy atom. The van der Waals surface area contributed by atoms with Crippen LogP contribution in [-0.4, -0.2) is 11.9 Å². The quantitative estimate of drug-likeness (QED) is 0.185. The van der Waals surface area contributed by atoms with E-state index in [-0.39, 0.29) is 12.2 Å². The van der Waals surface area contributed by atoms with Crippen LogP contribution >= 0.6 is 11.8 Å². The standard InChI is InChI=1S/C67H48N2S/c1-69-61(43-60(68-65(69)49-21-6-3-7-22-49)47-39-35-45(36-40-47)44-19-4-2-5-20-44)48-41-37-46(38-42-48)50-24-18-32-59-64(50)51-23-8-9-25-52(51)66(59)53-26-10-12-28-55(53)67(56-29-13-11-27-54(56)66)57-30-14-16-33-62(57)70-63-34-17-15-31-58(63)67/h2-43,60,65,68H,1H3. The van der Waals surface area contributed by atoms with Crippen LogP contribution in [-0.2, 0) is 10.8 Å². The summed E-state index contributed by atoms with van der Waals surface area (Å²) in [7, 11) is 2.22. The summed E-state index contributed by atoms with van der Waals surface area (Å²) >= 11 is 1.90. The molecule has 4 aliphatic rings. The lowest BCUT2D eigenvalue weighted by atomic mass is 9.51. The van der Waals surface area contributed by atoms with E-state index in [2.05, 4.69) is 272 Å². The highest BCUT2D eigenvalue weighted by Gasteiger charge is 2.58. The van der Waals surface area contributed by atoms with Gasteiger partial charge in [0.05, 0.1) is 16.9 Å². The fraction of sp³-hybridized carbons (Fsp3) is 0.0746. The summed E-state index contributed by atoms with van der Waals surface area (Å²) in [6.07, 6.45) is 2.39. The molecule has 2 unspecified atom stereocenters. The molecule has 0 radical (unpaired) electrons. The summed E-state index contributed by atoms with van der Waals surface area (Å²) in [6, 6.07) is 93.2. The van der Waals surface area contributed by atoms with Gasteiger partial charge in [-0.05, 0) is 113 Å². The molecule has 10 aromatic rings. The van der Waals surface area contributed by atoms with Crippen molar-refractivity contribution in [2.75, 3.05) is 7.05 Å². The number of hydrogen-bond acceptors (Lipinski definition) is 3. The van der Waals surface area contributed by atoms with E-state index in [4.69, 9.17) is 0 Å². The van der Waals surface area contributed by atoms with Gasteiger partial charge in [0, 0.05) is 22.5 Å². The molecule has 2 aliphatic heterocycles. The monoisotopic (exact) mass is 912 g/mol. The zero-order chi connectivity index (χ0) is 46.4. The van der Waals surface area contributed by atoms with Crippen molar-refractivity contribution in [3.8, 4) is 33.4 Å². The second-order valence-corrected chi connectivity index (χ2v) is 20.2. The SMILES string of the molecule is CN1C(c2ccc(-c3cccc4c3-c3ccccc3C43c4ccccc4C4(c5ccccc5Sc5ccccc54)c4ccccc43)cc2)=CC(c2ccc(-c3ccccc3)cc2)NC1c1ccccc1. The third-order valence-electron chi connectivity index (χ3n) is 15.8. The number of rotatable bonds is 5. The molecule has 2 aliphatic carbocycles. The lowest BCUT2D eigenvalue weighted by Gasteiger charge is -2.51. The molecule has 0 saturated carbocycles. The number of nitrogens with zero attached hydrogens (tertiary/aromatic N) is 1. The largest absolute Gasteiger partial charge is 0.355 e. The Balaban J connectivity index is 0.918. The van der Waals surface area contributed by atoms with Gasteiger partial charge in [0.2, 0.25) is 0 Å². The average Bonchev–Trinajstić information content (AvgIpc) is 3.74. The van der Waals surface area contributed by atoms with E-state index < -0.39 is 10.8 Å². The van der Waals surface area contributed by atoms with E-state index in [1.165, 1.54) is 110 Å². The zero-order valence-corrected chi connectivity index (χ0v) is 39.6. The summed E-state index contributed by atoms with van der Waals surface area (Å²) in [5.74, 6) is 0. The molecular weight excluding hydrogens is 865 g/mol. The zero-order valence-electron chi connectivity index (χ0n) is 38.8. The topological polar surface area (TPSA) is 15.3 Å². The van der Waals surface area contributed by atoms with Gasteiger partial charge in [0.15, 0.2) is 0 Å². The summed E-state index contributed by atoms with van der Waals surface area (Å²) < 4.78 is 0. The maximum absolute atomic E-state index is 3.99. The molecule has 10 aromatic carbocycles. The summed E-state index contributed by atoms with van der Waals surface area (Å²) in [5.41, 5.74) is 22.1. The molecule has 2 spiro atoms. The highest BCUT2D eigenvalue weighted by Crippen LogP contribution is 2.67. The van der Waals surface area contributed by atoms with Crippen LogP contribution in [0, 0.1) is 0 Å². The van der Waals surface area contributed by atoms with Crippen molar-refractivity contribution in [3.05, 3.63) is 316 Å². The lowest BCUT2D eigenvalue weighted by molar-refractivity contribution is 0.263. The van der Waals surface area contributed by atoms with Crippen LogP contribution in [0.25, 0.3) is 39.1 Å². The highest BCUT2D eigenvalue weighted by molar-refractivity contribution is 7.99. The van der Waals surface area contributed by atoms with E-state index in [1.807, 2.05) is 11.8 Å². The van der Waals surface area contributed by atoms with Gasteiger partial charge >= 0.3 is 0 Å². The summed E-state index contributed by atoms with van der Waals surface area (Å²) in [5, 5.41) is 3.99. The molecule has 70 heavy (non-hydrogen) atoms. The number of fused-ring (bicyclic) bond motifs is 15.